The average molecular weight is 303 g/mol. The smallest absolute Gasteiger partial charge is 0.227 e. The fraction of sp³-hybridized carbons (Fsp3) is 0.529. The number of primary amides is 1. The molecule has 1 saturated heterocycles. The van der Waals surface area contributed by atoms with Crippen LogP contribution in [0, 0.1) is 11.8 Å². The van der Waals surface area contributed by atoms with Gasteiger partial charge in [-0.1, -0.05) is 37.3 Å². The van der Waals surface area contributed by atoms with Gasteiger partial charge in [0, 0.05) is 18.6 Å². The third-order valence-electron chi connectivity index (χ3n) is 4.68. The van der Waals surface area contributed by atoms with Crippen LogP contribution < -0.4 is 11.5 Å². The first kappa shape index (κ1) is 16.5. The zero-order chi connectivity index (χ0) is 16.3. The van der Waals surface area contributed by atoms with Crippen LogP contribution in [0.1, 0.15) is 38.3 Å². The molecule has 1 aromatic rings. The summed E-state index contributed by atoms with van der Waals surface area (Å²) < 4.78 is 0. The topological polar surface area (TPSA) is 89.4 Å². The molecule has 2 amide bonds. The van der Waals surface area contributed by atoms with Crippen molar-refractivity contribution in [1.82, 2.24) is 4.90 Å². The van der Waals surface area contributed by atoms with Crippen molar-refractivity contribution in [3.63, 3.8) is 0 Å². The van der Waals surface area contributed by atoms with Crippen LogP contribution in [0.2, 0.25) is 0 Å². The first-order valence-electron chi connectivity index (χ1n) is 7.82. The van der Waals surface area contributed by atoms with E-state index in [-0.39, 0.29) is 35.7 Å². The molecule has 4 atom stereocenters. The van der Waals surface area contributed by atoms with Crippen LogP contribution in [0.15, 0.2) is 30.3 Å². The molecule has 0 aromatic heterocycles. The van der Waals surface area contributed by atoms with Crippen LogP contribution in [-0.4, -0.2) is 29.3 Å². The largest absolute Gasteiger partial charge is 0.369 e. The molecule has 0 unspecified atom stereocenters. The standard InChI is InChI=1S/C17H25N3O2/c1-11-8-9-14(16(19)21)10-20(11)17(22)12(2)15(18)13-6-4-3-5-7-13/h3-7,11-12,14-15H,8-10,18H2,1-2H3,(H2,19,21)/t11-,12+,14-,15-/m1/s1. The maximum atomic E-state index is 12.8. The van der Waals surface area contributed by atoms with Crippen LogP contribution in [0.25, 0.3) is 0 Å². The number of carbonyl (C=O) groups is 2. The molecule has 2 rings (SSSR count). The molecule has 1 aliphatic heterocycles. The van der Waals surface area contributed by atoms with Gasteiger partial charge in [-0.05, 0) is 25.3 Å². The lowest BCUT2D eigenvalue weighted by molar-refractivity contribution is -0.141. The predicted molar refractivity (Wildman–Crippen MR) is 85.6 cm³/mol. The van der Waals surface area contributed by atoms with E-state index in [2.05, 4.69) is 0 Å². The zero-order valence-corrected chi connectivity index (χ0v) is 13.2. The highest BCUT2D eigenvalue weighted by molar-refractivity contribution is 5.82. The van der Waals surface area contributed by atoms with Gasteiger partial charge in [-0.25, -0.2) is 0 Å². The summed E-state index contributed by atoms with van der Waals surface area (Å²) in [6.07, 6.45) is 1.55. The van der Waals surface area contributed by atoms with Crippen LogP contribution in [0.3, 0.4) is 0 Å². The summed E-state index contributed by atoms with van der Waals surface area (Å²) >= 11 is 0. The number of carbonyl (C=O) groups excluding carboxylic acids is 2. The molecule has 0 aliphatic carbocycles. The minimum Gasteiger partial charge on any atom is -0.369 e. The Kier molecular flexibility index (Phi) is 5.19. The van der Waals surface area contributed by atoms with Gasteiger partial charge >= 0.3 is 0 Å². The van der Waals surface area contributed by atoms with E-state index >= 15 is 0 Å². The van der Waals surface area contributed by atoms with E-state index in [0.29, 0.717) is 6.54 Å². The third kappa shape index (κ3) is 3.47. The van der Waals surface area contributed by atoms with Gasteiger partial charge in [-0.2, -0.15) is 0 Å². The minimum atomic E-state index is -0.352. The second-order valence-electron chi connectivity index (χ2n) is 6.24. The Labute approximate surface area is 131 Å². The van der Waals surface area contributed by atoms with Crippen molar-refractivity contribution in [2.45, 2.75) is 38.8 Å². The molecule has 22 heavy (non-hydrogen) atoms. The van der Waals surface area contributed by atoms with Crippen molar-refractivity contribution in [1.29, 1.82) is 0 Å². The van der Waals surface area contributed by atoms with E-state index in [9.17, 15) is 9.59 Å². The van der Waals surface area contributed by atoms with Gasteiger partial charge < -0.3 is 16.4 Å². The Bertz CT molecular complexity index is 532. The molecule has 5 nitrogen and oxygen atoms in total. The number of hydrogen-bond acceptors (Lipinski definition) is 3. The van der Waals surface area contributed by atoms with Crippen molar-refractivity contribution >= 4 is 11.8 Å². The van der Waals surface area contributed by atoms with E-state index in [1.165, 1.54) is 0 Å². The monoisotopic (exact) mass is 303 g/mol. The van der Waals surface area contributed by atoms with Crippen molar-refractivity contribution in [2.24, 2.45) is 23.3 Å². The molecule has 1 aliphatic rings. The average Bonchev–Trinajstić information content (AvgIpc) is 2.53. The third-order valence-corrected chi connectivity index (χ3v) is 4.68. The highest BCUT2D eigenvalue weighted by Gasteiger charge is 2.35. The number of nitrogens with zero attached hydrogens (tertiary/aromatic N) is 1. The van der Waals surface area contributed by atoms with Gasteiger partial charge in [0.2, 0.25) is 11.8 Å². The van der Waals surface area contributed by atoms with Crippen LogP contribution in [0.4, 0.5) is 0 Å². The number of hydrogen-bond donors (Lipinski definition) is 2. The van der Waals surface area contributed by atoms with E-state index in [1.54, 1.807) is 4.90 Å². The second-order valence-corrected chi connectivity index (χ2v) is 6.24. The van der Waals surface area contributed by atoms with Crippen LogP contribution in [0.5, 0.6) is 0 Å². The summed E-state index contributed by atoms with van der Waals surface area (Å²) in [6, 6.07) is 9.38. The SMILES string of the molecule is C[C@H](C(=O)N1C[C@H](C(N)=O)CC[C@H]1C)[C@@H](N)c1ccccc1. The summed E-state index contributed by atoms with van der Waals surface area (Å²) in [5.41, 5.74) is 12.6. The van der Waals surface area contributed by atoms with E-state index < -0.39 is 0 Å². The number of piperidine rings is 1. The maximum Gasteiger partial charge on any atom is 0.227 e. The molecular weight excluding hydrogens is 278 g/mol. The molecule has 0 saturated carbocycles. The molecule has 4 N–H and O–H groups in total. The molecule has 1 fully saturated rings. The van der Waals surface area contributed by atoms with E-state index in [4.69, 9.17) is 11.5 Å². The predicted octanol–water partition coefficient (Wildman–Crippen LogP) is 1.43. The number of amides is 2. The Morgan fingerprint density at radius 2 is 1.86 bits per heavy atom. The molecule has 0 bridgehead atoms. The first-order valence-corrected chi connectivity index (χ1v) is 7.82. The zero-order valence-electron chi connectivity index (χ0n) is 13.2. The molecule has 120 valence electrons. The Hall–Kier alpha value is -1.88. The highest BCUT2D eigenvalue weighted by atomic mass is 16.2. The number of benzene rings is 1. The van der Waals surface area contributed by atoms with E-state index in [1.807, 2.05) is 44.2 Å². The molecule has 1 aromatic carbocycles. The number of rotatable bonds is 4. The highest BCUT2D eigenvalue weighted by Crippen LogP contribution is 2.27. The summed E-state index contributed by atoms with van der Waals surface area (Å²) in [4.78, 5) is 26.0. The van der Waals surface area contributed by atoms with E-state index in [0.717, 1.165) is 18.4 Å². The molecule has 0 radical (unpaired) electrons. The molecule has 1 heterocycles. The van der Waals surface area contributed by atoms with Crippen molar-refractivity contribution in [3.05, 3.63) is 35.9 Å². The van der Waals surface area contributed by atoms with Gasteiger partial charge in [0.15, 0.2) is 0 Å². The lowest BCUT2D eigenvalue weighted by atomic mass is 9.89. The summed E-state index contributed by atoms with van der Waals surface area (Å²) in [5, 5.41) is 0. The number of nitrogens with two attached hydrogens (primary N) is 2. The van der Waals surface area contributed by atoms with Gasteiger partial charge in [-0.15, -0.1) is 0 Å². The Balaban J connectivity index is 2.10. The maximum absolute atomic E-state index is 12.8. The fourth-order valence-corrected chi connectivity index (χ4v) is 3.03. The minimum absolute atomic E-state index is 0.00481. The van der Waals surface area contributed by atoms with Crippen molar-refractivity contribution in [2.75, 3.05) is 6.54 Å². The quantitative estimate of drug-likeness (QED) is 0.882. The first-order chi connectivity index (χ1) is 10.4. The van der Waals surface area contributed by atoms with Gasteiger partial charge in [-0.3, -0.25) is 9.59 Å². The lowest BCUT2D eigenvalue weighted by Gasteiger charge is -2.39. The summed E-state index contributed by atoms with van der Waals surface area (Å²) in [5.74, 6) is -0.920. The number of likely N-dealkylation sites (tertiary alicyclic amines) is 1. The lowest BCUT2D eigenvalue weighted by Crippen LogP contribution is -2.51. The summed E-state index contributed by atoms with van der Waals surface area (Å²) in [6.45, 7) is 4.26. The fourth-order valence-electron chi connectivity index (χ4n) is 3.03. The van der Waals surface area contributed by atoms with Gasteiger partial charge in [0.05, 0.1) is 11.8 Å². The second kappa shape index (κ2) is 6.92. The molecule has 5 heteroatoms. The van der Waals surface area contributed by atoms with Crippen molar-refractivity contribution < 1.29 is 9.59 Å². The molecular formula is C17H25N3O2. The van der Waals surface area contributed by atoms with Crippen LogP contribution >= 0.6 is 0 Å². The Morgan fingerprint density at radius 3 is 2.45 bits per heavy atom. The van der Waals surface area contributed by atoms with Crippen molar-refractivity contribution in [3.8, 4) is 0 Å². The normalized spacial score (nSPS) is 24.6. The van der Waals surface area contributed by atoms with Gasteiger partial charge in [0.1, 0.15) is 0 Å². The Morgan fingerprint density at radius 1 is 1.23 bits per heavy atom. The summed E-state index contributed by atoms with van der Waals surface area (Å²) in [7, 11) is 0. The van der Waals surface area contributed by atoms with Gasteiger partial charge in [0.25, 0.3) is 0 Å². The van der Waals surface area contributed by atoms with Crippen LogP contribution in [-0.2, 0) is 9.59 Å². The molecule has 0 spiro atoms.